The van der Waals surface area contributed by atoms with Crippen LogP contribution in [-0.4, -0.2) is 39.5 Å². The van der Waals surface area contributed by atoms with Gasteiger partial charge in [-0.2, -0.15) is 5.10 Å². The molecule has 0 aromatic carbocycles. The molecule has 0 spiro atoms. The van der Waals surface area contributed by atoms with E-state index < -0.39 is 0 Å². The van der Waals surface area contributed by atoms with Gasteiger partial charge in [-0.05, 0) is 51.6 Å². The van der Waals surface area contributed by atoms with Crippen LogP contribution in [0.4, 0.5) is 0 Å². The minimum Gasteiger partial charge on any atom is -0.396 e. The Morgan fingerprint density at radius 2 is 1.89 bits per heavy atom. The molecule has 2 rings (SSSR count). The van der Waals surface area contributed by atoms with Crippen LogP contribution < -0.4 is 0 Å². The predicted octanol–water partition coefficient (Wildman–Crippen LogP) is 2.02. The molecule has 0 amide bonds. The number of piperidine rings is 1. The number of nitrogens with zero attached hydrogens (tertiary/aromatic N) is 3. The van der Waals surface area contributed by atoms with Gasteiger partial charge in [0.05, 0.1) is 5.69 Å². The first-order valence-electron chi connectivity index (χ1n) is 7.33. The largest absolute Gasteiger partial charge is 0.396 e. The van der Waals surface area contributed by atoms with Crippen molar-refractivity contribution in [2.45, 2.75) is 46.6 Å². The second kappa shape index (κ2) is 5.63. The molecule has 0 unspecified atom stereocenters. The van der Waals surface area contributed by atoms with Gasteiger partial charge in [0.1, 0.15) is 0 Å². The molecule has 2 heterocycles. The number of aromatic nitrogens is 2. The maximum atomic E-state index is 9.58. The fraction of sp³-hybridized carbons (Fsp3) is 0.800. The molecule has 0 aliphatic carbocycles. The van der Waals surface area contributed by atoms with Gasteiger partial charge < -0.3 is 5.11 Å². The highest BCUT2D eigenvalue weighted by molar-refractivity contribution is 5.24. The van der Waals surface area contributed by atoms with Crippen LogP contribution in [0.15, 0.2) is 0 Å². The summed E-state index contributed by atoms with van der Waals surface area (Å²) in [5.74, 6) is 0. The summed E-state index contributed by atoms with van der Waals surface area (Å²) in [5, 5.41) is 14.1. The Balaban J connectivity index is 1.99. The van der Waals surface area contributed by atoms with E-state index in [4.69, 9.17) is 0 Å². The molecule has 4 heteroatoms. The third-order valence-electron chi connectivity index (χ3n) is 5.04. The molecule has 0 bridgehead atoms. The molecule has 1 aliphatic heterocycles. The van der Waals surface area contributed by atoms with Crippen molar-refractivity contribution in [1.29, 1.82) is 0 Å². The van der Waals surface area contributed by atoms with Crippen molar-refractivity contribution in [3.63, 3.8) is 0 Å². The highest BCUT2D eigenvalue weighted by atomic mass is 16.3. The number of likely N-dealkylation sites (tertiary alicyclic amines) is 1. The SMILES string of the molecule is CCC1(CO)CCN(Cc2c(C)nn(C)c2C)CC1. The van der Waals surface area contributed by atoms with E-state index in [9.17, 15) is 5.11 Å². The Morgan fingerprint density at radius 1 is 1.26 bits per heavy atom. The minimum absolute atomic E-state index is 0.176. The molecular weight excluding hydrogens is 238 g/mol. The van der Waals surface area contributed by atoms with Crippen LogP contribution in [0.5, 0.6) is 0 Å². The molecule has 1 N–H and O–H groups in total. The fourth-order valence-electron chi connectivity index (χ4n) is 3.08. The summed E-state index contributed by atoms with van der Waals surface area (Å²) in [5.41, 5.74) is 3.96. The molecular formula is C15H27N3O. The molecule has 1 aliphatic rings. The summed E-state index contributed by atoms with van der Waals surface area (Å²) >= 11 is 0. The number of hydrogen-bond acceptors (Lipinski definition) is 3. The second-order valence-electron chi connectivity index (χ2n) is 6.06. The average Bonchev–Trinajstić information content (AvgIpc) is 2.66. The Morgan fingerprint density at radius 3 is 2.32 bits per heavy atom. The zero-order valence-corrected chi connectivity index (χ0v) is 12.7. The van der Waals surface area contributed by atoms with E-state index in [1.165, 1.54) is 11.3 Å². The van der Waals surface area contributed by atoms with Crippen molar-refractivity contribution >= 4 is 0 Å². The zero-order chi connectivity index (χ0) is 14.0. The van der Waals surface area contributed by atoms with Gasteiger partial charge in [-0.15, -0.1) is 0 Å². The summed E-state index contributed by atoms with van der Waals surface area (Å²) in [6, 6.07) is 0. The van der Waals surface area contributed by atoms with E-state index in [-0.39, 0.29) is 5.41 Å². The highest BCUT2D eigenvalue weighted by Gasteiger charge is 2.32. The van der Waals surface area contributed by atoms with Gasteiger partial charge in [0.15, 0.2) is 0 Å². The second-order valence-corrected chi connectivity index (χ2v) is 6.06. The van der Waals surface area contributed by atoms with Gasteiger partial charge in [0.2, 0.25) is 0 Å². The quantitative estimate of drug-likeness (QED) is 0.905. The maximum absolute atomic E-state index is 9.58. The standard InChI is InChI=1S/C15H27N3O/c1-5-15(11-19)6-8-18(9-7-15)10-14-12(2)16-17(4)13(14)3/h19H,5-11H2,1-4H3. The van der Waals surface area contributed by atoms with Crippen LogP contribution in [0.25, 0.3) is 0 Å². The van der Waals surface area contributed by atoms with Crippen LogP contribution in [-0.2, 0) is 13.6 Å². The molecule has 19 heavy (non-hydrogen) atoms. The van der Waals surface area contributed by atoms with Gasteiger partial charge in [-0.1, -0.05) is 6.92 Å². The number of rotatable bonds is 4. The molecule has 108 valence electrons. The van der Waals surface area contributed by atoms with E-state index in [1.54, 1.807) is 0 Å². The smallest absolute Gasteiger partial charge is 0.0641 e. The number of aliphatic hydroxyl groups is 1. The van der Waals surface area contributed by atoms with Gasteiger partial charge in [-0.3, -0.25) is 9.58 Å². The highest BCUT2D eigenvalue weighted by Crippen LogP contribution is 2.34. The van der Waals surface area contributed by atoms with Gasteiger partial charge in [-0.25, -0.2) is 0 Å². The normalized spacial score (nSPS) is 19.8. The van der Waals surface area contributed by atoms with Crippen molar-refractivity contribution in [3.8, 4) is 0 Å². The van der Waals surface area contributed by atoms with Crippen LogP contribution >= 0.6 is 0 Å². The Labute approximate surface area is 116 Å². The molecule has 1 fully saturated rings. The lowest BCUT2D eigenvalue weighted by molar-refractivity contribution is 0.0381. The van der Waals surface area contributed by atoms with Crippen LogP contribution in [0.3, 0.4) is 0 Å². The van der Waals surface area contributed by atoms with Crippen molar-refractivity contribution in [2.24, 2.45) is 12.5 Å². The molecule has 4 nitrogen and oxygen atoms in total. The lowest BCUT2D eigenvalue weighted by Crippen LogP contribution is -2.41. The summed E-state index contributed by atoms with van der Waals surface area (Å²) in [6.07, 6.45) is 3.30. The first-order valence-corrected chi connectivity index (χ1v) is 7.33. The lowest BCUT2D eigenvalue weighted by Gasteiger charge is -2.40. The zero-order valence-electron chi connectivity index (χ0n) is 12.7. The van der Waals surface area contributed by atoms with E-state index >= 15 is 0 Å². The van der Waals surface area contributed by atoms with Crippen molar-refractivity contribution in [1.82, 2.24) is 14.7 Å². The lowest BCUT2D eigenvalue weighted by atomic mass is 9.77. The summed E-state index contributed by atoms with van der Waals surface area (Å²) in [6.45, 7) is 9.93. The Hall–Kier alpha value is -0.870. The molecule has 0 radical (unpaired) electrons. The third-order valence-corrected chi connectivity index (χ3v) is 5.04. The number of aliphatic hydroxyl groups excluding tert-OH is 1. The molecule has 0 atom stereocenters. The molecule has 1 aromatic heterocycles. The van der Waals surface area contributed by atoms with E-state index in [2.05, 4.69) is 30.8 Å². The van der Waals surface area contributed by atoms with Gasteiger partial charge in [0.25, 0.3) is 0 Å². The number of aryl methyl sites for hydroxylation is 2. The Kier molecular flexibility index (Phi) is 4.31. The average molecular weight is 265 g/mol. The van der Waals surface area contributed by atoms with Gasteiger partial charge in [0, 0.05) is 31.5 Å². The van der Waals surface area contributed by atoms with E-state index in [1.807, 2.05) is 11.7 Å². The summed E-state index contributed by atoms with van der Waals surface area (Å²) < 4.78 is 1.97. The summed E-state index contributed by atoms with van der Waals surface area (Å²) in [7, 11) is 2.01. The summed E-state index contributed by atoms with van der Waals surface area (Å²) in [4.78, 5) is 2.50. The Bertz CT molecular complexity index is 425. The van der Waals surface area contributed by atoms with E-state index in [0.717, 1.165) is 44.6 Å². The first kappa shape index (κ1) is 14.5. The van der Waals surface area contributed by atoms with Crippen molar-refractivity contribution in [2.75, 3.05) is 19.7 Å². The number of hydrogen-bond donors (Lipinski definition) is 1. The third kappa shape index (κ3) is 2.84. The van der Waals surface area contributed by atoms with Crippen molar-refractivity contribution in [3.05, 3.63) is 17.0 Å². The van der Waals surface area contributed by atoms with Crippen LogP contribution in [0.2, 0.25) is 0 Å². The topological polar surface area (TPSA) is 41.3 Å². The van der Waals surface area contributed by atoms with Crippen molar-refractivity contribution < 1.29 is 5.11 Å². The first-order chi connectivity index (χ1) is 9.01. The monoisotopic (exact) mass is 265 g/mol. The molecule has 0 saturated carbocycles. The van der Waals surface area contributed by atoms with E-state index in [0.29, 0.717) is 6.61 Å². The molecule has 1 aromatic rings. The molecule has 1 saturated heterocycles. The maximum Gasteiger partial charge on any atom is 0.0641 e. The predicted molar refractivity (Wildman–Crippen MR) is 77.0 cm³/mol. The van der Waals surface area contributed by atoms with Crippen LogP contribution in [0, 0.1) is 19.3 Å². The minimum atomic E-state index is 0.176. The van der Waals surface area contributed by atoms with Gasteiger partial charge >= 0.3 is 0 Å². The van der Waals surface area contributed by atoms with Crippen LogP contribution in [0.1, 0.15) is 43.1 Å². The fourth-order valence-corrected chi connectivity index (χ4v) is 3.08.